The largest absolute Gasteiger partial charge is 0.399 e. The van der Waals surface area contributed by atoms with Gasteiger partial charge in [-0.25, -0.2) is 8.42 Å². The van der Waals surface area contributed by atoms with Gasteiger partial charge in [0, 0.05) is 23.7 Å². The quantitative estimate of drug-likeness (QED) is 0.862. The fourth-order valence-electron chi connectivity index (χ4n) is 2.28. The van der Waals surface area contributed by atoms with Gasteiger partial charge in [-0.15, -0.1) is 11.3 Å². The van der Waals surface area contributed by atoms with E-state index in [9.17, 15) is 8.42 Å². The molecule has 0 unspecified atom stereocenters. The summed E-state index contributed by atoms with van der Waals surface area (Å²) in [5.74, 6) is 0. The van der Waals surface area contributed by atoms with Crippen molar-refractivity contribution in [2.24, 2.45) is 0 Å². The Bertz CT molecular complexity index is 755. The Balaban J connectivity index is 1.99. The van der Waals surface area contributed by atoms with E-state index in [0.717, 1.165) is 12.0 Å². The van der Waals surface area contributed by atoms with E-state index in [4.69, 9.17) is 17.3 Å². The molecule has 0 bridgehead atoms. The van der Waals surface area contributed by atoms with E-state index in [1.165, 1.54) is 21.3 Å². The molecule has 0 atom stereocenters. The second kappa shape index (κ2) is 5.04. The molecule has 7 heteroatoms. The molecule has 1 aromatic carbocycles. The summed E-state index contributed by atoms with van der Waals surface area (Å²) < 4.78 is 26.8. The summed E-state index contributed by atoms with van der Waals surface area (Å²) in [6.45, 7) is 0.868. The highest BCUT2D eigenvalue weighted by atomic mass is 35.5. The summed E-state index contributed by atoms with van der Waals surface area (Å²) in [7, 11) is -3.61. The van der Waals surface area contributed by atoms with Gasteiger partial charge in [-0.2, -0.15) is 4.31 Å². The van der Waals surface area contributed by atoms with E-state index < -0.39 is 10.0 Å². The van der Waals surface area contributed by atoms with Gasteiger partial charge in [0.05, 0.1) is 5.02 Å². The Labute approximate surface area is 126 Å². The van der Waals surface area contributed by atoms with Crippen LogP contribution in [0.15, 0.2) is 34.5 Å². The minimum Gasteiger partial charge on any atom is -0.399 e. The summed E-state index contributed by atoms with van der Waals surface area (Å²) in [4.78, 5) is 1.34. The van der Waals surface area contributed by atoms with Crippen LogP contribution < -0.4 is 5.73 Å². The Morgan fingerprint density at radius 1 is 1.30 bits per heavy atom. The first-order valence-electron chi connectivity index (χ1n) is 6.09. The first-order valence-corrected chi connectivity index (χ1v) is 8.78. The second-order valence-electron chi connectivity index (χ2n) is 4.65. The summed E-state index contributed by atoms with van der Waals surface area (Å²) in [6, 6.07) is 6.50. The average Bonchev–Trinajstić information content (AvgIpc) is 2.88. The number of halogens is 1. The van der Waals surface area contributed by atoms with E-state index in [2.05, 4.69) is 0 Å². The van der Waals surface area contributed by atoms with Crippen molar-refractivity contribution in [1.82, 2.24) is 4.31 Å². The lowest BCUT2D eigenvalue weighted by atomic mass is 10.1. The second-order valence-corrected chi connectivity index (χ2v) is 7.96. The van der Waals surface area contributed by atoms with Crippen molar-refractivity contribution in [1.29, 1.82) is 0 Å². The van der Waals surface area contributed by atoms with Gasteiger partial charge in [0.25, 0.3) is 0 Å². The maximum absolute atomic E-state index is 12.7. The zero-order valence-electron chi connectivity index (χ0n) is 10.5. The summed E-state index contributed by atoms with van der Waals surface area (Å²) >= 11 is 7.69. The van der Waals surface area contributed by atoms with Crippen molar-refractivity contribution in [3.05, 3.63) is 45.1 Å². The maximum atomic E-state index is 12.7. The molecular formula is C13H13ClN2O2S2. The van der Waals surface area contributed by atoms with E-state index in [0.29, 0.717) is 18.8 Å². The zero-order chi connectivity index (χ0) is 14.3. The Kier molecular flexibility index (Phi) is 3.50. The van der Waals surface area contributed by atoms with Crippen LogP contribution in [0.4, 0.5) is 5.69 Å². The molecule has 106 valence electrons. The highest BCUT2D eigenvalue weighted by Crippen LogP contribution is 2.31. The molecule has 0 spiro atoms. The predicted molar refractivity (Wildman–Crippen MR) is 81.5 cm³/mol. The van der Waals surface area contributed by atoms with Gasteiger partial charge < -0.3 is 5.73 Å². The van der Waals surface area contributed by atoms with Crippen LogP contribution in [0, 0.1) is 0 Å². The Morgan fingerprint density at radius 3 is 2.90 bits per heavy atom. The van der Waals surface area contributed by atoms with Crippen LogP contribution in [0.2, 0.25) is 5.02 Å². The van der Waals surface area contributed by atoms with Crippen molar-refractivity contribution in [2.75, 3.05) is 12.3 Å². The smallest absolute Gasteiger partial charge is 0.244 e. The number of nitrogens with two attached hydrogens (primary N) is 1. The molecule has 0 aliphatic carbocycles. The molecular weight excluding hydrogens is 316 g/mol. The molecule has 0 fully saturated rings. The van der Waals surface area contributed by atoms with E-state index in [-0.39, 0.29) is 9.92 Å². The van der Waals surface area contributed by atoms with Gasteiger partial charge in [-0.05, 0) is 41.6 Å². The van der Waals surface area contributed by atoms with Crippen molar-refractivity contribution >= 4 is 38.6 Å². The third-order valence-electron chi connectivity index (χ3n) is 3.35. The highest BCUT2D eigenvalue weighted by Gasteiger charge is 2.30. The SMILES string of the molecule is Nc1ccc(Cl)c(S(=O)(=O)N2CCc3sccc3C2)c1. The van der Waals surface area contributed by atoms with Crippen molar-refractivity contribution < 1.29 is 8.42 Å². The first-order chi connectivity index (χ1) is 9.48. The summed E-state index contributed by atoms with van der Waals surface area (Å²) in [5.41, 5.74) is 7.14. The van der Waals surface area contributed by atoms with Crippen molar-refractivity contribution in [2.45, 2.75) is 17.9 Å². The Morgan fingerprint density at radius 2 is 2.10 bits per heavy atom. The molecule has 0 amide bonds. The lowest BCUT2D eigenvalue weighted by molar-refractivity contribution is 0.394. The van der Waals surface area contributed by atoms with Gasteiger partial charge in [0.1, 0.15) is 4.90 Å². The molecule has 3 rings (SSSR count). The number of fused-ring (bicyclic) bond motifs is 1. The van der Waals surface area contributed by atoms with Crippen LogP contribution in [0.25, 0.3) is 0 Å². The standard InChI is InChI=1S/C13H13ClN2O2S2/c14-11-2-1-10(15)7-13(11)20(17,18)16-5-3-12-9(8-16)4-6-19-12/h1-2,4,6-7H,3,5,8,15H2. The van der Waals surface area contributed by atoms with Crippen LogP contribution in [-0.4, -0.2) is 19.3 Å². The zero-order valence-corrected chi connectivity index (χ0v) is 12.9. The monoisotopic (exact) mass is 328 g/mol. The number of rotatable bonds is 2. The normalized spacial score (nSPS) is 16.1. The first kappa shape index (κ1) is 13.9. The topological polar surface area (TPSA) is 63.4 Å². The number of anilines is 1. The van der Waals surface area contributed by atoms with Crippen LogP contribution >= 0.6 is 22.9 Å². The molecule has 1 aliphatic rings. The average molecular weight is 329 g/mol. The molecule has 2 N–H and O–H groups in total. The molecule has 20 heavy (non-hydrogen) atoms. The number of thiophene rings is 1. The molecule has 0 saturated heterocycles. The Hall–Kier alpha value is -1.08. The molecule has 0 radical (unpaired) electrons. The molecule has 2 heterocycles. The fourth-order valence-corrected chi connectivity index (χ4v) is 5.10. The molecule has 2 aromatic rings. The van der Waals surface area contributed by atoms with Crippen LogP contribution in [-0.2, 0) is 23.0 Å². The van der Waals surface area contributed by atoms with Gasteiger partial charge in [0.2, 0.25) is 10.0 Å². The van der Waals surface area contributed by atoms with Gasteiger partial charge >= 0.3 is 0 Å². The van der Waals surface area contributed by atoms with Crippen LogP contribution in [0.3, 0.4) is 0 Å². The van der Waals surface area contributed by atoms with Crippen molar-refractivity contribution in [3.63, 3.8) is 0 Å². The summed E-state index contributed by atoms with van der Waals surface area (Å²) in [5, 5.41) is 2.20. The fraction of sp³-hybridized carbons (Fsp3) is 0.231. The van der Waals surface area contributed by atoms with Gasteiger partial charge in [0.15, 0.2) is 0 Å². The maximum Gasteiger partial charge on any atom is 0.244 e. The van der Waals surface area contributed by atoms with Crippen molar-refractivity contribution in [3.8, 4) is 0 Å². The predicted octanol–water partition coefficient (Wildman–Crippen LogP) is 2.73. The number of sulfonamides is 1. The minimum absolute atomic E-state index is 0.0813. The third kappa shape index (κ3) is 2.33. The number of nitrogen functional groups attached to an aromatic ring is 1. The third-order valence-corrected chi connectivity index (χ3v) is 6.70. The van der Waals surface area contributed by atoms with Gasteiger partial charge in [-0.3, -0.25) is 0 Å². The molecule has 1 aromatic heterocycles. The van der Waals surface area contributed by atoms with E-state index in [1.807, 2.05) is 11.4 Å². The lowest BCUT2D eigenvalue weighted by Crippen LogP contribution is -2.35. The van der Waals surface area contributed by atoms with Crippen LogP contribution in [0.1, 0.15) is 10.4 Å². The summed E-state index contributed by atoms with van der Waals surface area (Å²) in [6.07, 6.45) is 0.742. The van der Waals surface area contributed by atoms with Gasteiger partial charge in [-0.1, -0.05) is 11.6 Å². The van der Waals surface area contributed by atoms with E-state index in [1.54, 1.807) is 17.4 Å². The lowest BCUT2D eigenvalue weighted by Gasteiger charge is -2.26. The highest BCUT2D eigenvalue weighted by molar-refractivity contribution is 7.89. The minimum atomic E-state index is -3.61. The number of hydrogen-bond donors (Lipinski definition) is 1. The number of nitrogens with zero attached hydrogens (tertiary/aromatic N) is 1. The van der Waals surface area contributed by atoms with E-state index >= 15 is 0 Å². The van der Waals surface area contributed by atoms with Crippen LogP contribution in [0.5, 0.6) is 0 Å². The molecule has 0 saturated carbocycles. The number of benzene rings is 1. The number of hydrogen-bond acceptors (Lipinski definition) is 4. The molecule has 1 aliphatic heterocycles. The molecule has 4 nitrogen and oxygen atoms in total.